The third-order valence-electron chi connectivity index (χ3n) is 7.19. The second-order valence-electron chi connectivity index (χ2n) is 8.77. The number of carbonyl (C=O) groups is 1. The number of aromatic hydroxyl groups is 1. The summed E-state index contributed by atoms with van der Waals surface area (Å²) in [6.45, 7) is 4.30. The molecule has 3 aliphatic carbocycles. The lowest BCUT2D eigenvalue weighted by molar-refractivity contribution is -0.149. The number of phenols is 1. The van der Waals surface area contributed by atoms with Gasteiger partial charge in [-0.2, -0.15) is 0 Å². The summed E-state index contributed by atoms with van der Waals surface area (Å²) >= 11 is 0. The van der Waals surface area contributed by atoms with Crippen LogP contribution in [0, 0.1) is 23.2 Å². The van der Waals surface area contributed by atoms with E-state index < -0.39 is 17.6 Å². The Morgan fingerprint density at radius 1 is 1.28 bits per heavy atom. The fourth-order valence-corrected chi connectivity index (χ4v) is 6.14. The Kier molecular flexibility index (Phi) is 2.75. The Bertz CT molecular complexity index is 825. The van der Waals surface area contributed by atoms with E-state index in [2.05, 4.69) is 13.8 Å². The number of aliphatic hydroxyl groups excluding tert-OH is 1. The topological polar surface area (TPSA) is 87.0 Å². The molecule has 3 fully saturated rings. The van der Waals surface area contributed by atoms with Gasteiger partial charge in [-0.1, -0.05) is 19.9 Å². The molecule has 6 unspecified atom stereocenters. The van der Waals surface area contributed by atoms with E-state index in [-0.39, 0.29) is 41.1 Å². The van der Waals surface area contributed by atoms with Gasteiger partial charge in [0.1, 0.15) is 17.3 Å². The van der Waals surface area contributed by atoms with Crippen molar-refractivity contribution < 1.29 is 24.9 Å². The van der Waals surface area contributed by atoms with Gasteiger partial charge in [-0.3, -0.25) is 4.79 Å². The van der Waals surface area contributed by atoms with Crippen molar-refractivity contribution in [1.29, 1.82) is 0 Å². The highest BCUT2D eigenvalue weighted by Gasteiger charge is 2.69. The van der Waals surface area contributed by atoms with Crippen molar-refractivity contribution in [1.82, 2.24) is 0 Å². The fraction of sp³-hybridized carbons (Fsp3) is 0.550. The standard InChI is InChI=1S/C20H22O5/c1-19(2)12-6-20(24)7-13(22)15(16(12)18(20)23)11-8-25-14-5-9(21)3-4-10(14)17(11)19/h3-5,8,12,15-18,21,23-24H,6-7H2,1-2H3. The van der Waals surface area contributed by atoms with Gasteiger partial charge in [0.05, 0.1) is 18.0 Å². The van der Waals surface area contributed by atoms with E-state index >= 15 is 0 Å². The molecule has 0 radical (unpaired) electrons. The largest absolute Gasteiger partial charge is 0.508 e. The first kappa shape index (κ1) is 15.4. The van der Waals surface area contributed by atoms with Crippen LogP contribution in [0.15, 0.2) is 30.0 Å². The number of ether oxygens (including phenoxy) is 1. The number of hydrogen-bond donors (Lipinski definition) is 3. The molecule has 0 amide bonds. The van der Waals surface area contributed by atoms with Gasteiger partial charge in [0.25, 0.3) is 0 Å². The molecular formula is C20H22O5. The minimum Gasteiger partial charge on any atom is -0.508 e. The third-order valence-corrected chi connectivity index (χ3v) is 7.19. The summed E-state index contributed by atoms with van der Waals surface area (Å²) in [6, 6.07) is 5.10. The van der Waals surface area contributed by atoms with E-state index in [9.17, 15) is 20.1 Å². The van der Waals surface area contributed by atoms with Crippen molar-refractivity contribution in [3.8, 4) is 11.5 Å². The lowest BCUT2D eigenvalue weighted by Crippen LogP contribution is -2.55. The predicted octanol–water partition coefficient (Wildman–Crippen LogP) is 2.11. The number of allylic oxidation sites excluding steroid dienone is 1. The van der Waals surface area contributed by atoms with Gasteiger partial charge in [0.2, 0.25) is 0 Å². The molecule has 3 N–H and O–H groups in total. The highest BCUT2D eigenvalue weighted by Crippen LogP contribution is 2.68. The van der Waals surface area contributed by atoms with Crippen molar-refractivity contribution in [2.24, 2.45) is 23.2 Å². The fourth-order valence-electron chi connectivity index (χ4n) is 6.14. The molecule has 1 aromatic carbocycles. The Labute approximate surface area is 145 Å². The molecule has 5 rings (SSSR count). The normalized spacial score (nSPS) is 43.0. The molecule has 0 spiro atoms. The summed E-state index contributed by atoms with van der Waals surface area (Å²) in [5, 5.41) is 31.4. The van der Waals surface area contributed by atoms with Crippen molar-refractivity contribution in [3.05, 3.63) is 35.6 Å². The minimum atomic E-state index is -1.30. The lowest BCUT2D eigenvalue weighted by atomic mass is 9.51. The molecule has 0 saturated heterocycles. The van der Waals surface area contributed by atoms with Crippen LogP contribution in [0.3, 0.4) is 0 Å². The van der Waals surface area contributed by atoms with E-state index in [0.29, 0.717) is 12.2 Å². The second-order valence-corrected chi connectivity index (χ2v) is 8.77. The number of ketones is 1. The average molecular weight is 342 g/mol. The predicted molar refractivity (Wildman–Crippen MR) is 89.0 cm³/mol. The number of phenolic OH excluding ortho intramolecular Hbond substituents is 1. The number of carbonyl (C=O) groups excluding carboxylic acids is 1. The van der Waals surface area contributed by atoms with Gasteiger partial charge in [-0.25, -0.2) is 0 Å². The van der Waals surface area contributed by atoms with Crippen LogP contribution in [0.2, 0.25) is 0 Å². The van der Waals surface area contributed by atoms with Crippen LogP contribution in [0.25, 0.3) is 0 Å². The molecule has 132 valence electrons. The maximum atomic E-state index is 12.8. The van der Waals surface area contributed by atoms with Crippen LogP contribution in [0.4, 0.5) is 0 Å². The first-order valence-corrected chi connectivity index (χ1v) is 8.87. The van der Waals surface area contributed by atoms with E-state index in [1.165, 1.54) is 0 Å². The molecule has 2 bridgehead atoms. The number of aliphatic hydroxyl groups is 2. The number of Topliss-reactive ketones (excluding diaryl/α,β-unsaturated/α-hetero) is 1. The number of rotatable bonds is 0. The summed E-state index contributed by atoms with van der Waals surface area (Å²) in [4.78, 5) is 12.8. The highest BCUT2D eigenvalue weighted by atomic mass is 16.5. The monoisotopic (exact) mass is 342 g/mol. The molecular weight excluding hydrogens is 320 g/mol. The zero-order valence-electron chi connectivity index (χ0n) is 14.3. The van der Waals surface area contributed by atoms with Gasteiger partial charge >= 0.3 is 0 Å². The summed E-state index contributed by atoms with van der Waals surface area (Å²) < 4.78 is 5.76. The Morgan fingerprint density at radius 3 is 2.80 bits per heavy atom. The lowest BCUT2D eigenvalue weighted by Gasteiger charge is -2.53. The molecule has 3 saturated carbocycles. The number of fused-ring (bicyclic) bond motifs is 5. The SMILES string of the molecule is CC1(C)C2C(=COc3cc(O)ccc32)C2C(=O)CC3(O)CC1C2C3O. The number of hydrogen-bond acceptors (Lipinski definition) is 5. The summed E-state index contributed by atoms with van der Waals surface area (Å²) in [7, 11) is 0. The van der Waals surface area contributed by atoms with Crippen LogP contribution < -0.4 is 4.74 Å². The second kappa shape index (κ2) is 4.46. The molecule has 4 aliphatic rings. The van der Waals surface area contributed by atoms with Crippen molar-refractivity contribution in [3.63, 3.8) is 0 Å². The quantitative estimate of drug-likeness (QED) is 0.672. The van der Waals surface area contributed by atoms with Gasteiger partial charge in [-0.15, -0.1) is 0 Å². The van der Waals surface area contributed by atoms with E-state index in [0.717, 1.165) is 11.1 Å². The van der Waals surface area contributed by atoms with Gasteiger partial charge in [0.15, 0.2) is 0 Å². The Hall–Kier alpha value is -1.85. The van der Waals surface area contributed by atoms with Gasteiger partial charge < -0.3 is 20.1 Å². The molecule has 1 aliphatic heterocycles. The van der Waals surface area contributed by atoms with Gasteiger partial charge in [-0.05, 0) is 29.4 Å². The maximum absolute atomic E-state index is 12.8. The Balaban J connectivity index is 1.73. The van der Waals surface area contributed by atoms with Crippen LogP contribution >= 0.6 is 0 Å². The summed E-state index contributed by atoms with van der Waals surface area (Å²) in [6.07, 6.45) is 1.23. The first-order valence-electron chi connectivity index (χ1n) is 8.87. The number of benzene rings is 1. The van der Waals surface area contributed by atoms with E-state index in [1.54, 1.807) is 18.4 Å². The molecule has 1 aromatic rings. The molecule has 0 aromatic heterocycles. The van der Waals surface area contributed by atoms with Crippen LogP contribution in [0.1, 0.15) is 38.2 Å². The van der Waals surface area contributed by atoms with Crippen molar-refractivity contribution in [2.45, 2.75) is 44.3 Å². The third kappa shape index (κ3) is 1.73. The molecule has 25 heavy (non-hydrogen) atoms. The maximum Gasteiger partial charge on any atom is 0.143 e. The van der Waals surface area contributed by atoms with Crippen LogP contribution in [-0.2, 0) is 4.79 Å². The van der Waals surface area contributed by atoms with Crippen LogP contribution in [0.5, 0.6) is 11.5 Å². The average Bonchev–Trinajstić information content (AvgIpc) is 2.73. The summed E-state index contributed by atoms with van der Waals surface area (Å²) in [5.74, 6) is 0.112. The minimum absolute atomic E-state index is 0.00196. The zero-order chi connectivity index (χ0) is 17.7. The molecule has 1 heterocycles. The summed E-state index contributed by atoms with van der Waals surface area (Å²) in [5.41, 5.74) is 0.312. The molecule has 5 heteroatoms. The molecule has 5 nitrogen and oxygen atoms in total. The molecule has 6 atom stereocenters. The smallest absolute Gasteiger partial charge is 0.143 e. The van der Waals surface area contributed by atoms with Crippen molar-refractivity contribution in [2.75, 3.05) is 0 Å². The van der Waals surface area contributed by atoms with Crippen molar-refractivity contribution >= 4 is 5.78 Å². The highest BCUT2D eigenvalue weighted by molar-refractivity contribution is 5.88. The Morgan fingerprint density at radius 2 is 2.04 bits per heavy atom. The zero-order valence-corrected chi connectivity index (χ0v) is 14.3. The van der Waals surface area contributed by atoms with E-state index in [4.69, 9.17) is 4.74 Å². The van der Waals surface area contributed by atoms with E-state index in [1.807, 2.05) is 6.07 Å². The first-order chi connectivity index (χ1) is 11.7. The van der Waals surface area contributed by atoms with Crippen LogP contribution in [-0.4, -0.2) is 32.8 Å². The van der Waals surface area contributed by atoms with Gasteiger partial charge in [0, 0.05) is 35.8 Å².